The highest BCUT2D eigenvalue weighted by Crippen LogP contribution is 2.14. The van der Waals surface area contributed by atoms with Gasteiger partial charge in [0.25, 0.3) is 0 Å². The van der Waals surface area contributed by atoms with Gasteiger partial charge in [-0.3, -0.25) is 4.79 Å². The molecule has 0 heterocycles. The number of carbonyl (C=O) groups is 1. The molecule has 0 amide bonds. The first-order valence-electron chi connectivity index (χ1n) is 4.87. The summed E-state index contributed by atoms with van der Waals surface area (Å²) in [4.78, 5) is 11.6. The number of carbonyl (C=O) groups excluding carboxylic acids is 1. The van der Waals surface area contributed by atoms with E-state index >= 15 is 0 Å². The first kappa shape index (κ1) is 11.9. The summed E-state index contributed by atoms with van der Waals surface area (Å²) in [5, 5.41) is 0. The number of hydrogen-bond donors (Lipinski definition) is 0. The molecule has 0 aromatic heterocycles. The average molecular weight is 226 g/mol. The van der Waals surface area contributed by atoms with Crippen molar-refractivity contribution in [3.63, 3.8) is 0 Å². The molecule has 0 aliphatic carbocycles. The minimum atomic E-state index is -3.21. The Balaban J connectivity index is 3.20. The van der Waals surface area contributed by atoms with Gasteiger partial charge in [0.15, 0.2) is 15.6 Å². The molecule has 0 radical (unpaired) electrons. The molecule has 0 bridgehead atoms. The van der Waals surface area contributed by atoms with Gasteiger partial charge < -0.3 is 0 Å². The van der Waals surface area contributed by atoms with E-state index in [2.05, 4.69) is 0 Å². The van der Waals surface area contributed by atoms with E-state index in [1.165, 1.54) is 12.1 Å². The maximum Gasteiger partial charge on any atom is 0.178 e. The van der Waals surface area contributed by atoms with Gasteiger partial charge in [-0.05, 0) is 12.1 Å². The Labute approximate surface area is 90.0 Å². The molecule has 4 heteroatoms. The first-order valence-corrected chi connectivity index (χ1v) is 6.52. The molecule has 0 aliphatic heterocycles. The van der Waals surface area contributed by atoms with Gasteiger partial charge in [-0.25, -0.2) is 8.42 Å². The monoisotopic (exact) mass is 226 g/mol. The molecular weight excluding hydrogens is 212 g/mol. The summed E-state index contributed by atoms with van der Waals surface area (Å²) in [7, 11) is -3.21. The van der Waals surface area contributed by atoms with Crippen LogP contribution in [-0.2, 0) is 9.84 Å². The highest BCUT2D eigenvalue weighted by molar-refractivity contribution is 7.91. The largest absolute Gasteiger partial charge is 0.294 e. The zero-order chi connectivity index (χ0) is 11.5. The maximum atomic E-state index is 11.6. The SMILES string of the molecule is CCC(=O)c1cccc(S(=O)(=O)CC)c1. The summed E-state index contributed by atoms with van der Waals surface area (Å²) in [6, 6.07) is 6.21. The molecule has 0 aliphatic rings. The lowest BCUT2D eigenvalue weighted by molar-refractivity contribution is 0.0988. The van der Waals surface area contributed by atoms with Crippen LogP contribution >= 0.6 is 0 Å². The van der Waals surface area contributed by atoms with E-state index in [0.717, 1.165) is 0 Å². The van der Waals surface area contributed by atoms with Crippen LogP contribution in [0, 0.1) is 0 Å². The Morgan fingerprint density at radius 2 is 1.93 bits per heavy atom. The van der Waals surface area contributed by atoms with Crippen LogP contribution in [0.15, 0.2) is 29.2 Å². The summed E-state index contributed by atoms with van der Waals surface area (Å²) >= 11 is 0. The Kier molecular flexibility index (Phi) is 3.63. The van der Waals surface area contributed by atoms with Crippen LogP contribution in [0.25, 0.3) is 0 Å². The van der Waals surface area contributed by atoms with Crippen molar-refractivity contribution in [2.45, 2.75) is 25.2 Å². The fraction of sp³-hybridized carbons (Fsp3) is 0.364. The van der Waals surface area contributed by atoms with E-state index in [0.29, 0.717) is 12.0 Å². The first-order chi connectivity index (χ1) is 7.01. The standard InChI is InChI=1S/C11H14O3S/c1-3-11(12)9-6-5-7-10(8-9)15(13,14)4-2/h5-8H,3-4H2,1-2H3. The quantitative estimate of drug-likeness (QED) is 0.738. The van der Waals surface area contributed by atoms with Crippen LogP contribution in [0.5, 0.6) is 0 Å². The third-order valence-corrected chi connectivity index (χ3v) is 3.95. The summed E-state index contributed by atoms with van der Waals surface area (Å²) in [5.74, 6) is 0.0136. The van der Waals surface area contributed by atoms with Crippen LogP contribution in [0.1, 0.15) is 30.6 Å². The number of hydrogen-bond acceptors (Lipinski definition) is 3. The summed E-state index contributed by atoms with van der Waals surface area (Å²) in [6.45, 7) is 3.34. The smallest absolute Gasteiger partial charge is 0.178 e. The lowest BCUT2D eigenvalue weighted by Crippen LogP contribution is -2.05. The highest BCUT2D eigenvalue weighted by Gasteiger charge is 2.13. The van der Waals surface area contributed by atoms with Crippen molar-refractivity contribution < 1.29 is 13.2 Å². The number of benzene rings is 1. The highest BCUT2D eigenvalue weighted by atomic mass is 32.2. The van der Waals surface area contributed by atoms with Gasteiger partial charge in [0.2, 0.25) is 0 Å². The van der Waals surface area contributed by atoms with Gasteiger partial charge in [0.1, 0.15) is 0 Å². The second kappa shape index (κ2) is 4.57. The van der Waals surface area contributed by atoms with Crippen LogP contribution in [0.2, 0.25) is 0 Å². The summed E-state index contributed by atoms with van der Waals surface area (Å²) in [5.41, 5.74) is 0.465. The van der Waals surface area contributed by atoms with E-state index in [-0.39, 0.29) is 16.4 Å². The van der Waals surface area contributed by atoms with Crippen LogP contribution in [0.3, 0.4) is 0 Å². The zero-order valence-electron chi connectivity index (χ0n) is 8.86. The molecule has 1 aromatic carbocycles. The molecule has 0 saturated heterocycles. The van der Waals surface area contributed by atoms with Gasteiger partial charge in [0.05, 0.1) is 10.6 Å². The van der Waals surface area contributed by atoms with Gasteiger partial charge in [0, 0.05) is 12.0 Å². The minimum Gasteiger partial charge on any atom is -0.294 e. The second-order valence-corrected chi connectivity index (χ2v) is 5.49. The Morgan fingerprint density at radius 3 is 2.47 bits per heavy atom. The van der Waals surface area contributed by atoms with Crippen LogP contribution in [-0.4, -0.2) is 20.0 Å². The van der Waals surface area contributed by atoms with E-state index in [4.69, 9.17) is 0 Å². The van der Waals surface area contributed by atoms with Crippen molar-refractivity contribution in [3.8, 4) is 0 Å². The van der Waals surface area contributed by atoms with Gasteiger partial charge >= 0.3 is 0 Å². The molecule has 0 spiro atoms. The fourth-order valence-corrected chi connectivity index (χ4v) is 2.16. The van der Waals surface area contributed by atoms with Crippen molar-refractivity contribution >= 4 is 15.6 Å². The van der Waals surface area contributed by atoms with E-state index < -0.39 is 9.84 Å². The number of Topliss-reactive ketones (excluding diaryl/α,β-unsaturated/α-hetero) is 1. The van der Waals surface area contributed by atoms with Crippen LogP contribution in [0.4, 0.5) is 0 Å². The normalized spacial score (nSPS) is 11.3. The lowest BCUT2D eigenvalue weighted by atomic mass is 10.1. The Bertz CT molecular complexity index is 460. The molecule has 0 unspecified atom stereocenters. The van der Waals surface area contributed by atoms with Crippen molar-refractivity contribution in [1.82, 2.24) is 0 Å². The number of sulfone groups is 1. The van der Waals surface area contributed by atoms with E-state index in [1.807, 2.05) is 0 Å². The lowest BCUT2D eigenvalue weighted by Gasteiger charge is -2.03. The van der Waals surface area contributed by atoms with E-state index in [9.17, 15) is 13.2 Å². The molecule has 1 aromatic rings. The fourth-order valence-electron chi connectivity index (χ4n) is 1.23. The molecule has 1 rings (SSSR count). The topological polar surface area (TPSA) is 51.2 Å². The van der Waals surface area contributed by atoms with Crippen molar-refractivity contribution in [2.24, 2.45) is 0 Å². The predicted octanol–water partition coefficient (Wildman–Crippen LogP) is 2.07. The van der Waals surface area contributed by atoms with Gasteiger partial charge in [-0.1, -0.05) is 26.0 Å². The van der Waals surface area contributed by atoms with Crippen LogP contribution < -0.4 is 0 Å². The number of ketones is 1. The molecule has 82 valence electrons. The van der Waals surface area contributed by atoms with Gasteiger partial charge in [-0.15, -0.1) is 0 Å². The van der Waals surface area contributed by atoms with Crippen molar-refractivity contribution in [1.29, 1.82) is 0 Å². The Morgan fingerprint density at radius 1 is 1.27 bits per heavy atom. The molecule has 0 N–H and O–H groups in total. The zero-order valence-corrected chi connectivity index (χ0v) is 9.67. The second-order valence-electron chi connectivity index (χ2n) is 3.21. The predicted molar refractivity (Wildman–Crippen MR) is 58.8 cm³/mol. The molecule has 15 heavy (non-hydrogen) atoms. The number of rotatable bonds is 4. The Hall–Kier alpha value is -1.16. The molecular formula is C11H14O3S. The van der Waals surface area contributed by atoms with Crippen molar-refractivity contribution in [2.75, 3.05) is 5.75 Å². The third-order valence-electron chi connectivity index (χ3n) is 2.22. The van der Waals surface area contributed by atoms with Gasteiger partial charge in [-0.2, -0.15) is 0 Å². The minimum absolute atomic E-state index is 0.0387. The maximum absolute atomic E-state index is 11.6. The third kappa shape index (κ3) is 2.65. The molecule has 3 nitrogen and oxygen atoms in total. The van der Waals surface area contributed by atoms with E-state index in [1.54, 1.807) is 26.0 Å². The average Bonchev–Trinajstić information content (AvgIpc) is 2.28. The summed E-state index contributed by atoms with van der Waals surface area (Å²) < 4.78 is 23.1. The molecule has 0 saturated carbocycles. The molecule has 0 fully saturated rings. The summed E-state index contributed by atoms with van der Waals surface area (Å²) in [6.07, 6.45) is 0.385. The molecule has 0 atom stereocenters. The van der Waals surface area contributed by atoms with Crippen molar-refractivity contribution in [3.05, 3.63) is 29.8 Å².